The third-order valence-electron chi connectivity index (χ3n) is 1.93. The largest absolute Gasteiger partial charge is 0.508 e. The number of ketones is 1. The first-order valence-corrected chi connectivity index (χ1v) is 7.44. The molecule has 0 bridgehead atoms. The Morgan fingerprint density at radius 1 is 1.00 bits per heavy atom. The van der Waals surface area contributed by atoms with Gasteiger partial charge in [0.2, 0.25) is 0 Å². The van der Waals surface area contributed by atoms with Crippen LogP contribution in [0.4, 0.5) is 4.79 Å². The van der Waals surface area contributed by atoms with Gasteiger partial charge in [-0.2, -0.15) is 0 Å². The maximum atomic E-state index is 11.3. The highest BCUT2D eigenvalue weighted by Crippen LogP contribution is 2.11. The van der Waals surface area contributed by atoms with Gasteiger partial charge in [-0.1, -0.05) is 6.07 Å². The van der Waals surface area contributed by atoms with E-state index in [0.29, 0.717) is 24.7 Å². The fourth-order valence-electron chi connectivity index (χ4n) is 1.14. The molecule has 0 N–H and O–H groups in total. The van der Waals surface area contributed by atoms with Crippen LogP contribution in [0.1, 0.15) is 36.9 Å². The van der Waals surface area contributed by atoms with Gasteiger partial charge < -0.3 is 14.2 Å². The van der Waals surface area contributed by atoms with Crippen LogP contribution in [0.25, 0.3) is 0 Å². The van der Waals surface area contributed by atoms with E-state index < -0.39 is 12.1 Å². The van der Waals surface area contributed by atoms with E-state index in [-0.39, 0.29) is 12.2 Å². The van der Waals surface area contributed by atoms with Crippen molar-refractivity contribution in [3.63, 3.8) is 0 Å². The topological polar surface area (TPSA) is 78.9 Å². The van der Waals surface area contributed by atoms with Crippen molar-refractivity contribution in [2.45, 2.75) is 27.2 Å². The van der Waals surface area contributed by atoms with E-state index in [9.17, 15) is 14.4 Å². The summed E-state index contributed by atoms with van der Waals surface area (Å²) in [7, 11) is 0. The molecule has 21 heavy (non-hydrogen) atoms. The van der Waals surface area contributed by atoms with Crippen molar-refractivity contribution in [3.8, 4) is 0 Å². The van der Waals surface area contributed by atoms with Crippen LogP contribution in [0.2, 0.25) is 0 Å². The average molecular weight is 316 g/mol. The van der Waals surface area contributed by atoms with E-state index in [0.717, 1.165) is 0 Å². The Hall–Kier alpha value is -1.89. The summed E-state index contributed by atoms with van der Waals surface area (Å²) in [5.41, 5.74) is 0. The molecular formula is C14H20O6S. The van der Waals surface area contributed by atoms with Crippen LogP contribution in [0.5, 0.6) is 0 Å². The van der Waals surface area contributed by atoms with Crippen molar-refractivity contribution in [2.75, 3.05) is 19.8 Å². The molecular weight excluding hydrogens is 296 g/mol. The molecule has 0 spiro atoms. The Balaban J connectivity index is 0.000000433. The van der Waals surface area contributed by atoms with Gasteiger partial charge in [0.25, 0.3) is 0 Å². The molecule has 1 heterocycles. The number of carbonyl (C=O) groups is 3. The number of rotatable bonds is 6. The minimum Gasteiger partial charge on any atom is -0.466 e. The highest BCUT2D eigenvalue weighted by molar-refractivity contribution is 7.12. The second-order valence-electron chi connectivity index (χ2n) is 3.50. The number of hydrogen-bond acceptors (Lipinski definition) is 7. The van der Waals surface area contributed by atoms with Gasteiger partial charge in [0, 0.05) is 0 Å². The molecule has 0 atom stereocenters. The first-order valence-electron chi connectivity index (χ1n) is 6.56. The summed E-state index contributed by atoms with van der Waals surface area (Å²) < 4.78 is 13.5. The number of ether oxygens (including phenoxy) is 3. The fourth-order valence-corrected chi connectivity index (χ4v) is 1.81. The average Bonchev–Trinajstić information content (AvgIpc) is 2.94. The highest BCUT2D eigenvalue weighted by Gasteiger charge is 2.12. The van der Waals surface area contributed by atoms with Crippen molar-refractivity contribution < 1.29 is 28.6 Å². The van der Waals surface area contributed by atoms with Gasteiger partial charge in [0.15, 0.2) is 5.78 Å². The first kappa shape index (κ1) is 19.1. The van der Waals surface area contributed by atoms with Gasteiger partial charge in [0.05, 0.1) is 24.7 Å². The van der Waals surface area contributed by atoms with Crippen LogP contribution in [-0.2, 0) is 19.0 Å². The summed E-state index contributed by atoms with van der Waals surface area (Å²) in [5.74, 6) is -0.630. The third-order valence-corrected chi connectivity index (χ3v) is 2.84. The van der Waals surface area contributed by atoms with Gasteiger partial charge >= 0.3 is 12.1 Å². The van der Waals surface area contributed by atoms with Gasteiger partial charge in [-0.15, -0.1) is 11.3 Å². The molecule has 6 nitrogen and oxygen atoms in total. The van der Waals surface area contributed by atoms with Crippen LogP contribution in [0.15, 0.2) is 17.5 Å². The number of carbonyl (C=O) groups excluding carboxylic acids is 3. The highest BCUT2D eigenvalue weighted by atomic mass is 32.1. The van der Waals surface area contributed by atoms with Crippen molar-refractivity contribution in [2.24, 2.45) is 0 Å². The van der Waals surface area contributed by atoms with Crippen LogP contribution < -0.4 is 0 Å². The predicted molar refractivity (Wildman–Crippen MR) is 78.5 cm³/mol. The summed E-state index contributed by atoms with van der Waals surface area (Å²) in [4.78, 5) is 33.0. The SMILES string of the molecule is CCOC(=O)CC(=O)c1cccs1.CCOC(=O)OCC. The molecule has 0 saturated carbocycles. The Labute approximate surface area is 128 Å². The third kappa shape index (κ3) is 9.61. The lowest BCUT2D eigenvalue weighted by atomic mass is 10.2. The minimum atomic E-state index is -0.588. The molecule has 0 fully saturated rings. The molecule has 118 valence electrons. The molecule has 0 saturated heterocycles. The fraction of sp³-hybridized carbons (Fsp3) is 0.500. The second-order valence-corrected chi connectivity index (χ2v) is 4.45. The van der Waals surface area contributed by atoms with Crippen molar-refractivity contribution in [1.82, 2.24) is 0 Å². The zero-order valence-electron chi connectivity index (χ0n) is 12.4. The first-order chi connectivity index (χ1) is 10.0. The smallest absolute Gasteiger partial charge is 0.466 e. The van der Waals surface area contributed by atoms with Crippen molar-refractivity contribution >= 4 is 29.2 Å². The van der Waals surface area contributed by atoms with Gasteiger partial charge in [-0.05, 0) is 32.2 Å². The number of esters is 1. The van der Waals surface area contributed by atoms with E-state index in [1.807, 2.05) is 0 Å². The molecule has 1 aromatic heterocycles. The molecule has 0 aromatic carbocycles. The maximum Gasteiger partial charge on any atom is 0.508 e. The Morgan fingerprint density at radius 3 is 2.00 bits per heavy atom. The minimum absolute atomic E-state index is 0.158. The molecule has 0 aliphatic rings. The molecule has 0 aliphatic heterocycles. The van der Waals surface area contributed by atoms with Crippen molar-refractivity contribution in [1.29, 1.82) is 0 Å². The van der Waals surface area contributed by atoms with Gasteiger partial charge in [-0.3, -0.25) is 9.59 Å². The normalized spacial score (nSPS) is 9.10. The van der Waals surface area contributed by atoms with Gasteiger partial charge in [0.1, 0.15) is 6.42 Å². The summed E-state index contributed by atoms with van der Waals surface area (Å²) in [5, 5.41) is 1.80. The number of hydrogen-bond donors (Lipinski definition) is 0. The molecule has 0 amide bonds. The quantitative estimate of drug-likeness (QED) is 0.456. The summed E-state index contributed by atoms with van der Waals surface area (Å²) in [6.45, 7) is 6.25. The van der Waals surface area contributed by atoms with E-state index in [4.69, 9.17) is 0 Å². The number of Topliss-reactive ketones (excluding diaryl/α,β-unsaturated/α-hetero) is 1. The lowest BCUT2D eigenvalue weighted by Gasteiger charge is -1.98. The van der Waals surface area contributed by atoms with Crippen LogP contribution in [-0.4, -0.2) is 37.7 Å². The lowest BCUT2D eigenvalue weighted by molar-refractivity contribution is -0.141. The van der Waals surface area contributed by atoms with E-state index in [1.165, 1.54) is 11.3 Å². The van der Waals surface area contributed by atoms with Crippen LogP contribution >= 0.6 is 11.3 Å². The summed E-state index contributed by atoms with van der Waals surface area (Å²) >= 11 is 1.33. The second kappa shape index (κ2) is 11.9. The molecule has 0 aliphatic carbocycles. The standard InChI is InChI=1S/C9H10O3S.C5H10O3/c1-2-12-9(11)6-7(10)8-4-3-5-13-8;1-3-7-5(6)8-4-2/h3-5H,2,6H2,1H3;3-4H2,1-2H3. The van der Waals surface area contributed by atoms with Gasteiger partial charge in [-0.25, -0.2) is 4.79 Å². The molecule has 0 unspecified atom stereocenters. The summed E-state index contributed by atoms with van der Waals surface area (Å²) in [6.07, 6.45) is -0.746. The Kier molecular flexibility index (Phi) is 10.8. The Bertz CT molecular complexity index is 419. The lowest BCUT2D eigenvalue weighted by Crippen LogP contribution is -2.10. The molecule has 1 rings (SSSR count). The monoisotopic (exact) mass is 316 g/mol. The van der Waals surface area contributed by atoms with E-state index in [2.05, 4.69) is 14.2 Å². The zero-order chi connectivity index (χ0) is 16.1. The molecule has 1 aromatic rings. The Morgan fingerprint density at radius 2 is 1.57 bits per heavy atom. The van der Waals surface area contributed by atoms with Crippen LogP contribution in [0.3, 0.4) is 0 Å². The predicted octanol–water partition coefficient (Wildman–Crippen LogP) is 3.06. The van der Waals surface area contributed by atoms with Crippen molar-refractivity contribution in [3.05, 3.63) is 22.4 Å². The maximum absolute atomic E-state index is 11.3. The van der Waals surface area contributed by atoms with Crippen LogP contribution in [0, 0.1) is 0 Å². The number of thiophene rings is 1. The molecule has 7 heteroatoms. The summed E-state index contributed by atoms with van der Waals surface area (Å²) in [6, 6.07) is 3.48. The van der Waals surface area contributed by atoms with E-state index in [1.54, 1.807) is 38.3 Å². The van der Waals surface area contributed by atoms with E-state index >= 15 is 0 Å². The molecule has 0 radical (unpaired) electrons. The zero-order valence-corrected chi connectivity index (χ0v) is 13.2.